The summed E-state index contributed by atoms with van der Waals surface area (Å²) in [5.74, 6) is -1.67. The molecule has 1 aliphatic heterocycles. The van der Waals surface area contributed by atoms with Crippen LogP contribution in [0, 0.1) is 0 Å². The first kappa shape index (κ1) is 11.1. The molecule has 2 rings (SSSR count). The second-order valence-corrected chi connectivity index (χ2v) is 3.69. The van der Waals surface area contributed by atoms with Crippen molar-refractivity contribution in [3.05, 3.63) is 23.8 Å². The van der Waals surface area contributed by atoms with Gasteiger partial charge in [-0.2, -0.15) is 0 Å². The van der Waals surface area contributed by atoms with Gasteiger partial charge in [-0.25, -0.2) is 4.79 Å². The van der Waals surface area contributed by atoms with Gasteiger partial charge in [-0.1, -0.05) is 0 Å². The van der Waals surface area contributed by atoms with Gasteiger partial charge in [0.25, 0.3) is 0 Å². The van der Waals surface area contributed by atoms with E-state index in [-0.39, 0.29) is 23.9 Å². The van der Waals surface area contributed by atoms with Crippen LogP contribution >= 0.6 is 0 Å². The van der Waals surface area contributed by atoms with E-state index in [0.717, 1.165) is 0 Å². The van der Waals surface area contributed by atoms with E-state index in [1.807, 2.05) is 0 Å². The molecule has 1 heterocycles. The second kappa shape index (κ2) is 3.89. The van der Waals surface area contributed by atoms with Gasteiger partial charge in [0, 0.05) is 6.92 Å². The maximum absolute atomic E-state index is 11.4. The molecule has 0 aliphatic carbocycles. The summed E-state index contributed by atoms with van der Waals surface area (Å²) in [5, 5.41) is 11.5. The van der Waals surface area contributed by atoms with E-state index < -0.39 is 5.97 Å². The second-order valence-electron chi connectivity index (χ2n) is 3.69. The van der Waals surface area contributed by atoms with Gasteiger partial charge in [0.15, 0.2) is 0 Å². The highest BCUT2D eigenvalue weighted by molar-refractivity contribution is 6.10. The first-order valence-electron chi connectivity index (χ1n) is 4.94. The first-order valence-corrected chi connectivity index (χ1v) is 4.94. The van der Waals surface area contributed by atoms with Gasteiger partial charge in [0.2, 0.25) is 11.8 Å². The number of carbonyl (C=O) groups excluding carboxylic acids is 2. The number of carbonyl (C=O) groups is 3. The smallest absolute Gasteiger partial charge is 0.335 e. The SMILES string of the molecule is CC(=O)N1CC(=O)Nc2ccc(C(=O)O)cc21. The van der Waals surface area contributed by atoms with Crippen LogP contribution < -0.4 is 10.2 Å². The number of aromatic carboxylic acids is 1. The van der Waals surface area contributed by atoms with Crippen LogP contribution in [0.25, 0.3) is 0 Å². The lowest BCUT2D eigenvalue weighted by Crippen LogP contribution is -2.41. The molecule has 6 heteroatoms. The van der Waals surface area contributed by atoms with Gasteiger partial charge in [0.05, 0.1) is 16.9 Å². The summed E-state index contributed by atoms with van der Waals surface area (Å²) in [5.41, 5.74) is 0.935. The Morgan fingerprint density at radius 3 is 2.71 bits per heavy atom. The Hall–Kier alpha value is -2.37. The van der Waals surface area contributed by atoms with Crippen LogP contribution in [0.15, 0.2) is 18.2 Å². The number of benzene rings is 1. The Labute approximate surface area is 96.8 Å². The highest BCUT2D eigenvalue weighted by Gasteiger charge is 2.25. The van der Waals surface area contributed by atoms with Gasteiger partial charge >= 0.3 is 5.97 Å². The lowest BCUT2D eigenvalue weighted by atomic mass is 10.1. The highest BCUT2D eigenvalue weighted by atomic mass is 16.4. The summed E-state index contributed by atoms with van der Waals surface area (Å²) in [4.78, 5) is 34.8. The van der Waals surface area contributed by atoms with E-state index in [1.165, 1.54) is 30.0 Å². The van der Waals surface area contributed by atoms with Gasteiger partial charge in [-0.15, -0.1) is 0 Å². The minimum atomic E-state index is -1.08. The maximum atomic E-state index is 11.4. The average Bonchev–Trinajstić information content (AvgIpc) is 2.26. The van der Waals surface area contributed by atoms with Crippen molar-refractivity contribution in [2.24, 2.45) is 0 Å². The zero-order chi connectivity index (χ0) is 12.6. The van der Waals surface area contributed by atoms with Gasteiger partial charge in [0.1, 0.15) is 6.54 Å². The quantitative estimate of drug-likeness (QED) is 0.748. The van der Waals surface area contributed by atoms with Crippen LogP contribution in [0.5, 0.6) is 0 Å². The van der Waals surface area contributed by atoms with Crippen molar-refractivity contribution in [2.45, 2.75) is 6.92 Å². The van der Waals surface area contributed by atoms with E-state index in [9.17, 15) is 14.4 Å². The molecule has 1 aromatic rings. The zero-order valence-electron chi connectivity index (χ0n) is 9.06. The average molecular weight is 234 g/mol. The number of amides is 2. The fraction of sp³-hybridized carbons (Fsp3) is 0.182. The Balaban J connectivity index is 2.53. The largest absolute Gasteiger partial charge is 0.478 e. The minimum absolute atomic E-state index is 0.0751. The molecule has 2 amide bonds. The molecule has 0 unspecified atom stereocenters. The fourth-order valence-corrected chi connectivity index (χ4v) is 1.69. The Morgan fingerprint density at radius 1 is 1.41 bits per heavy atom. The Morgan fingerprint density at radius 2 is 2.12 bits per heavy atom. The van der Waals surface area contributed by atoms with Gasteiger partial charge in [-0.3, -0.25) is 9.59 Å². The van der Waals surface area contributed by atoms with Crippen molar-refractivity contribution in [3.63, 3.8) is 0 Å². The summed E-state index contributed by atoms with van der Waals surface area (Å²) in [6.45, 7) is 1.24. The highest BCUT2D eigenvalue weighted by Crippen LogP contribution is 2.30. The monoisotopic (exact) mass is 234 g/mol. The number of rotatable bonds is 1. The molecule has 0 bridgehead atoms. The summed E-state index contributed by atoms with van der Waals surface area (Å²) in [6, 6.07) is 4.23. The lowest BCUT2D eigenvalue weighted by molar-refractivity contribution is -0.120. The number of anilines is 2. The van der Waals surface area contributed by atoms with Crippen LogP contribution in [0.1, 0.15) is 17.3 Å². The summed E-state index contributed by atoms with van der Waals surface area (Å²) < 4.78 is 0. The molecule has 88 valence electrons. The molecule has 1 aliphatic rings. The number of carboxylic acids is 1. The van der Waals surface area contributed by atoms with Crippen LogP contribution in [0.2, 0.25) is 0 Å². The van der Waals surface area contributed by atoms with Crippen LogP contribution in [-0.2, 0) is 9.59 Å². The van der Waals surface area contributed by atoms with Crippen molar-refractivity contribution in [3.8, 4) is 0 Å². The van der Waals surface area contributed by atoms with E-state index >= 15 is 0 Å². The Bertz CT molecular complexity index is 524. The minimum Gasteiger partial charge on any atom is -0.478 e. The van der Waals surface area contributed by atoms with E-state index in [0.29, 0.717) is 11.4 Å². The van der Waals surface area contributed by atoms with Gasteiger partial charge < -0.3 is 15.3 Å². The molecule has 0 atom stereocenters. The number of nitrogens with zero attached hydrogens (tertiary/aromatic N) is 1. The predicted molar refractivity (Wildman–Crippen MR) is 60.1 cm³/mol. The van der Waals surface area contributed by atoms with E-state index in [1.54, 1.807) is 0 Å². The van der Waals surface area contributed by atoms with E-state index in [2.05, 4.69) is 5.32 Å². The zero-order valence-corrected chi connectivity index (χ0v) is 9.06. The third-order valence-electron chi connectivity index (χ3n) is 2.49. The molecule has 17 heavy (non-hydrogen) atoms. The van der Waals surface area contributed by atoms with Crippen LogP contribution in [-0.4, -0.2) is 29.4 Å². The molecule has 0 spiro atoms. The molecular formula is C11H10N2O4. The number of hydrogen-bond donors (Lipinski definition) is 2. The van der Waals surface area contributed by atoms with E-state index in [4.69, 9.17) is 5.11 Å². The summed E-state index contributed by atoms with van der Waals surface area (Å²) >= 11 is 0. The molecule has 0 aromatic heterocycles. The number of hydrogen-bond acceptors (Lipinski definition) is 3. The third kappa shape index (κ3) is 1.96. The molecule has 1 aromatic carbocycles. The fourth-order valence-electron chi connectivity index (χ4n) is 1.69. The maximum Gasteiger partial charge on any atom is 0.335 e. The molecule has 0 fully saturated rings. The van der Waals surface area contributed by atoms with Crippen molar-refractivity contribution < 1.29 is 19.5 Å². The van der Waals surface area contributed by atoms with Crippen LogP contribution in [0.4, 0.5) is 11.4 Å². The Kier molecular flexibility index (Phi) is 2.55. The molecule has 0 saturated heterocycles. The lowest BCUT2D eigenvalue weighted by Gasteiger charge is -2.28. The molecular weight excluding hydrogens is 224 g/mol. The summed E-state index contributed by atoms with van der Waals surface area (Å²) in [6.07, 6.45) is 0. The normalized spacial score (nSPS) is 13.9. The summed E-state index contributed by atoms with van der Waals surface area (Å²) in [7, 11) is 0. The standard InChI is InChI=1S/C11H10N2O4/c1-6(14)13-5-10(15)12-8-3-2-7(11(16)17)4-9(8)13/h2-4H,5H2,1H3,(H,12,15)(H,16,17). The number of carboxylic acid groups (broad SMARTS) is 1. The molecule has 0 radical (unpaired) electrons. The molecule has 0 saturated carbocycles. The predicted octanol–water partition coefficient (Wildman–Crippen LogP) is 0.690. The van der Waals surface area contributed by atoms with Crippen molar-refractivity contribution in [1.29, 1.82) is 0 Å². The number of nitrogens with one attached hydrogen (secondary N) is 1. The topological polar surface area (TPSA) is 86.7 Å². The first-order chi connectivity index (χ1) is 7.99. The molecule has 2 N–H and O–H groups in total. The van der Waals surface area contributed by atoms with Crippen LogP contribution in [0.3, 0.4) is 0 Å². The van der Waals surface area contributed by atoms with Gasteiger partial charge in [-0.05, 0) is 18.2 Å². The number of fused-ring (bicyclic) bond motifs is 1. The molecule has 6 nitrogen and oxygen atoms in total. The van der Waals surface area contributed by atoms with Crippen molar-refractivity contribution in [2.75, 3.05) is 16.8 Å². The third-order valence-corrected chi connectivity index (χ3v) is 2.49. The van der Waals surface area contributed by atoms with Crippen molar-refractivity contribution >= 4 is 29.2 Å². The van der Waals surface area contributed by atoms with Crippen molar-refractivity contribution in [1.82, 2.24) is 0 Å².